The largest absolute Gasteiger partial charge is 0.235 e. The average molecular weight is 258 g/mol. The topological polar surface area (TPSA) is 38.7 Å². The molecule has 0 saturated heterocycles. The number of hydrogen-bond donors (Lipinski definition) is 0. The molecule has 0 bridgehead atoms. The lowest BCUT2D eigenvalue weighted by molar-refractivity contribution is 0.966. The van der Waals surface area contributed by atoms with Crippen molar-refractivity contribution < 1.29 is 0 Å². The van der Waals surface area contributed by atoms with Gasteiger partial charge in [0.2, 0.25) is 0 Å². The summed E-state index contributed by atoms with van der Waals surface area (Å²) < 4.78 is 0.974. The molecule has 0 amide bonds. The Bertz CT molecular complexity index is 464. The van der Waals surface area contributed by atoms with Gasteiger partial charge in [0.05, 0.1) is 0 Å². The normalized spacial score (nSPS) is 10.6. The van der Waals surface area contributed by atoms with Crippen molar-refractivity contribution in [1.82, 2.24) is 15.0 Å². The van der Waals surface area contributed by atoms with Gasteiger partial charge in [-0.1, -0.05) is 11.6 Å². The van der Waals surface area contributed by atoms with Crippen molar-refractivity contribution in [2.24, 2.45) is 0 Å². The average Bonchev–Trinajstić information content (AvgIpc) is 2.49. The standard InChI is InChI=1S/C9H8ClN3S2/c1-5-4-14-9(11-5)15-8-3-7(10)12-6(2)13-8/h3-4H,1-2H3. The number of hydrogen-bond acceptors (Lipinski definition) is 5. The molecule has 2 heterocycles. The van der Waals surface area contributed by atoms with Crippen LogP contribution >= 0.6 is 34.7 Å². The van der Waals surface area contributed by atoms with Gasteiger partial charge in [0.25, 0.3) is 0 Å². The number of aryl methyl sites for hydroxylation is 2. The maximum atomic E-state index is 5.84. The van der Waals surface area contributed by atoms with Gasteiger partial charge in [0.15, 0.2) is 4.34 Å². The van der Waals surface area contributed by atoms with Gasteiger partial charge >= 0.3 is 0 Å². The Hall–Kier alpha value is -0.650. The lowest BCUT2D eigenvalue weighted by atomic mass is 10.6. The highest BCUT2D eigenvalue weighted by molar-refractivity contribution is 8.01. The van der Waals surface area contributed by atoms with Gasteiger partial charge in [-0.15, -0.1) is 11.3 Å². The van der Waals surface area contributed by atoms with Crippen molar-refractivity contribution in [3.63, 3.8) is 0 Å². The van der Waals surface area contributed by atoms with Crippen LogP contribution in [0, 0.1) is 13.8 Å². The van der Waals surface area contributed by atoms with E-state index in [1.807, 2.05) is 19.2 Å². The Morgan fingerprint density at radius 1 is 1.27 bits per heavy atom. The molecule has 0 spiro atoms. The zero-order valence-electron chi connectivity index (χ0n) is 8.19. The Labute approximate surface area is 101 Å². The highest BCUT2D eigenvalue weighted by atomic mass is 35.5. The van der Waals surface area contributed by atoms with Crippen LogP contribution in [0.25, 0.3) is 0 Å². The fourth-order valence-electron chi connectivity index (χ4n) is 1.03. The van der Waals surface area contributed by atoms with Crippen LogP contribution < -0.4 is 0 Å². The molecule has 78 valence electrons. The SMILES string of the molecule is Cc1csc(Sc2cc(Cl)nc(C)n2)n1. The van der Waals surface area contributed by atoms with Gasteiger partial charge < -0.3 is 0 Å². The fraction of sp³-hybridized carbons (Fsp3) is 0.222. The van der Waals surface area contributed by atoms with Crippen LogP contribution in [0.3, 0.4) is 0 Å². The molecule has 2 aromatic heterocycles. The molecular formula is C9H8ClN3S2. The lowest BCUT2D eigenvalue weighted by Gasteiger charge is -1.98. The molecule has 0 radical (unpaired) electrons. The van der Waals surface area contributed by atoms with Gasteiger partial charge in [0, 0.05) is 17.1 Å². The summed E-state index contributed by atoms with van der Waals surface area (Å²) in [5.74, 6) is 0.679. The molecule has 0 saturated carbocycles. The Morgan fingerprint density at radius 3 is 2.67 bits per heavy atom. The summed E-state index contributed by atoms with van der Waals surface area (Å²) in [5, 5.41) is 3.32. The molecule has 0 unspecified atom stereocenters. The monoisotopic (exact) mass is 257 g/mol. The summed E-state index contributed by atoms with van der Waals surface area (Å²) in [6.07, 6.45) is 0. The third-order valence-corrected chi connectivity index (χ3v) is 3.74. The highest BCUT2D eigenvalue weighted by Gasteiger charge is 2.05. The van der Waals surface area contributed by atoms with Gasteiger partial charge in [-0.25, -0.2) is 15.0 Å². The van der Waals surface area contributed by atoms with E-state index in [1.165, 1.54) is 11.8 Å². The summed E-state index contributed by atoms with van der Waals surface area (Å²) in [6, 6.07) is 1.75. The first-order valence-corrected chi connectivity index (χ1v) is 6.32. The number of halogens is 1. The van der Waals surface area contributed by atoms with Gasteiger partial charge in [-0.2, -0.15) is 0 Å². The lowest BCUT2D eigenvalue weighted by Crippen LogP contribution is -1.89. The minimum Gasteiger partial charge on any atom is -0.235 e. The van der Waals surface area contributed by atoms with Crippen molar-refractivity contribution in [1.29, 1.82) is 0 Å². The molecule has 2 aromatic rings. The summed E-state index contributed by atoms with van der Waals surface area (Å²) in [4.78, 5) is 12.6. The van der Waals surface area contributed by atoms with E-state index in [4.69, 9.17) is 11.6 Å². The second kappa shape index (κ2) is 4.47. The Balaban J connectivity index is 2.24. The van der Waals surface area contributed by atoms with Crippen LogP contribution in [-0.2, 0) is 0 Å². The van der Waals surface area contributed by atoms with Gasteiger partial charge in [-0.05, 0) is 25.6 Å². The van der Waals surface area contributed by atoms with Crippen LogP contribution in [0.2, 0.25) is 5.15 Å². The summed E-state index contributed by atoms with van der Waals surface area (Å²) in [6.45, 7) is 3.79. The molecule has 15 heavy (non-hydrogen) atoms. The molecule has 6 heteroatoms. The Morgan fingerprint density at radius 2 is 2.07 bits per heavy atom. The molecule has 0 aliphatic carbocycles. The maximum absolute atomic E-state index is 5.84. The molecule has 0 atom stereocenters. The van der Waals surface area contributed by atoms with Crippen LogP contribution in [0.4, 0.5) is 0 Å². The molecule has 3 nitrogen and oxygen atoms in total. The molecule has 0 aromatic carbocycles. The van der Waals surface area contributed by atoms with E-state index in [9.17, 15) is 0 Å². The van der Waals surface area contributed by atoms with Crippen molar-refractivity contribution in [3.8, 4) is 0 Å². The molecule has 0 fully saturated rings. The predicted octanol–water partition coefficient (Wildman–Crippen LogP) is 3.35. The smallest absolute Gasteiger partial charge is 0.156 e. The number of rotatable bonds is 2. The van der Waals surface area contributed by atoms with E-state index in [2.05, 4.69) is 15.0 Å². The van der Waals surface area contributed by atoms with E-state index < -0.39 is 0 Å². The third-order valence-electron chi connectivity index (χ3n) is 1.57. The minimum absolute atomic E-state index is 0.471. The molecule has 0 N–H and O–H groups in total. The summed E-state index contributed by atoms with van der Waals surface area (Å²) >= 11 is 8.95. The van der Waals surface area contributed by atoms with Crippen molar-refractivity contribution >= 4 is 34.7 Å². The highest BCUT2D eigenvalue weighted by Crippen LogP contribution is 2.29. The molecule has 2 rings (SSSR count). The summed E-state index contributed by atoms with van der Waals surface area (Å²) in [5.41, 5.74) is 1.03. The molecular weight excluding hydrogens is 250 g/mol. The quantitative estimate of drug-likeness (QED) is 0.774. The number of aromatic nitrogens is 3. The number of nitrogens with zero attached hydrogens (tertiary/aromatic N) is 3. The first kappa shape index (κ1) is 10.9. The second-order valence-corrected chi connectivity index (χ2v) is 5.45. The van der Waals surface area contributed by atoms with Crippen LogP contribution in [0.1, 0.15) is 11.5 Å². The van der Waals surface area contributed by atoms with Crippen molar-refractivity contribution in [2.75, 3.05) is 0 Å². The van der Waals surface area contributed by atoms with Crippen LogP contribution in [-0.4, -0.2) is 15.0 Å². The fourth-order valence-corrected chi connectivity index (χ4v) is 3.15. The van der Waals surface area contributed by atoms with E-state index in [0.29, 0.717) is 11.0 Å². The predicted molar refractivity (Wildman–Crippen MR) is 62.8 cm³/mol. The minimum atomic E-state index is 0.471. The van der Waals surface area contributed by atoms with Crippen molar-refractivity contribution in [3.05, 3.63) is 28.1 Å². The first-order valence-electron chi connectivity index (χ1n) is 4.24. The molecule has 0 aliphatic rings. The van der Waals surface area contributed by atoms with E-state index >= 15 is 0 Å². The van der Waals surface area contributed by atoms with E-state index in [-0.39, 0.29) is 0 Å². The maximum Gasteiger partial charge on any atom is 0.156 e. The van der Waals surface area contributed by atoms with E-state index in [0.717, 1.165) is 15.1 Å². The van der Waals surface area contributed by atoms with Crippen molar-refractivity contribution in [2.45, 2.75) is 23.2 Å². The zero-order chi connectivity index (χ0) is 10.8. The first-order chi connectivity index (χ1) is 7.13. The summed E-state index contributed by atoms with van der Waals surface area (Å²) in [7, 11) is 0. The van der Waals surface area contributed by atoms with Crippen LogP contribution in [0.5, 0.6) is 0 Å². The Kier molecular flexibility index (Phi) is 3.23. The van der Waals surface area contributed by atoms with E-state index in [1.54, 1.807) is 17.4 Å². The van der Waals surface area contributed by atoms with Gasteiger partial charge in [-0.3, -0.25) is 0 Å². The third kappa shape index (κ3) is 2.90. The zero-order valence-corrected chi connectivity index (χ0v) is 10.6. The molecule has 0 aliphatic heterocycles. The van der Waals surface area contributed by atoms with Gasteiger partial charge in [0.1, 0.15) is 16.0 Å². The number of thiazole rings is 1. The van der Waals surface area contributed by atoms with Crippen LogP contribution in [0.15, 0.2) is 20.8 Å². The second-order valence-electron chi connectivity index (χ2n) is 2.93.